The fourth-order valence-corrected chi connectivity index (χ4v) is 3.19. The number of ether oxygens (including phenoxy) is 3. The maximum absolute atomic E-state index is 11.9. The summed E-state index contributed by atoms with van der Waals surface area (Å²) >= 11 is 4.94. The van der Waals surface area contributed by atoms with E-state index in [1.165, 1.54) is 0 Å². The Morgan fingerprint density at radius 2 is 1.92 bits per heavy atom. The van der Waals surface area contributed by atoms with Crippen LogP contribution in [-0.4, -0.2) is 38.2 Å². The van der Waals surface area contributed by atoms with Crippen molar-refractivity contribution in [2.24, 2.45) is 0 Å². The molecule has 140 valence electrons. The SMILES string of the molecule is COc1ccc(CNC(=O)CSCCOc2cccc(Br)c2)cc1OC. The van der Waals surface area contributed by atoms with Crippen molar-refractivity contribution in [2.75, 3.05) is 32.3 Å². The highest BCUT2D eigenvalue weighted by Gasteiger charge is 2.06. The van der Waals surface area contributed by atoms with Gasteiger partial charge in [-0.2, -0.15) is 0 Å². The zero-order valence-electron chi connectivity index (χ0n) is 14.8. The molecule has 1 amide bonds. The first-order chi connectivity index (χ1) is 12.6. The minimum atomic E-state index is -0.00718. The first kappa shape index (κ1) is 20.5. The average Bonchev–Trinajstić information content (AvgIpc) is 2.65. The molecular weight excluding hydrogens is 418 g/mol. The van der Waals surface area contributed by atoms with Crippen LogP contribution in [0.5, 0.6) is 17.2 Å². The van der Waals surface area contributed by atoms with Crippen LogP contribution in [0, 0.1) is 0 Å². The van der Waals surface area contributed by atoms with E-state index in [4.69, 9.17) is 14.2 Å². The van der Waals surface area contributed by atoms with Crippen molar-refractivity contribution in [1.29, 1.82) is 0 Å². The number of methoxy groups -OCH3 is 2. The summed E-state index contributed by atoms with van der Waals surface area (Å²) in [6.07, 6.45) is 0. The predicted octanol–water partition coefficient (Wildman–Crippen LogP) is 3.89. The van der Waals surface area contributed by atoms with Crippen molar-refractivity contribution in [3.8, 4) is 17.2 Å². The van der Waals surface area contributed by atoms with Crippen molar-refractivity contribution in [3.05, 3.63) is 52.5 Å². The number of carbonyl (C=O) groups is 1. The molecular formula is C19H22BrNO4S. The fourth-order valence-electron chi connectivity index (χ4n) is 2.18. The Balaban J connectivity index is 1.64. The van der Waals surface area contributed by atoms with Crippen molar-refractivity contribution >= 4 is 33.6 Å². The molecule has 0 spiro atoms. The molecule has 0 aliphatic carbocycles. The summed E-state index contributed by atoms with van der Waals surface area (Å²) in [5, 5.41) is 2.90. The van der Waals surface area contributed by atoms with Gasteiger partial charge in [0, 0.05) is 16.8 Å². The minimum Gasteiger partial charge on any atom is -0.493 e. The molecule has 0 aliphatic rings. The van der Waals surface area contributed by atoms with Crippen LogP contribution in [0.2, 0.25) is 0 Å². The lowest BCUT2D eigenvalue weighted by atomic mass is 10.2. The summed E-state index contributed by atoms with van der Waals surface area (Å²) in [5.41, 5.74) is 0.957. The Morgan fingerprint density at radius 3 is 2.65 bits per heavy atom. The molecule has 7 heteroatoms. The monoisotopic (exact) mass is 439 g/mol. The normalized spacial score (nSPS) is 10.3. The molecule has 5 nitrogen and oxygen atoms in total. The highest BCUT2D eigenvalue weighted by molar-refractivity contribution is 9.10. The topological polar surface area (TPSA) is 56.8 Å². The second-order valence-corrected chi connectivity index (χ2v) is 7.35. The summed E-state index contributed by atoms with van der Waals surface area (Å²) in [6.45, 7) is 1.01. The van der Waals surface area contributed by atoms with E-state index in [9.17, 15) is 4.79 Å². The Hall–Kier alpha value is -1.86. The van der Waals surface area contributed by atoms with Crippen molar-refractivity contribution in [1.82, 2.24) is 5.32 Å². The molecule has 0 heterocycles. The molecule has 2 rings (SSSR count). The molecule has 0 aromatic heterocycles. The van der Waals surface area contributed by atoms with Gasteiger partial charge in [0.2, 0.25) is 5.91 Å². The van der Waals surface area contributed by atoms with Gasteiger partial charge in [-0.05, 0) is 35.9 Å². The molecule has 26 heavy (non-hydrogen) atoms. The molecule has 0 atom stereocenters. The average molecular weight is 440 g/mol. The second kappa shape index (κ2) is 11.0. The summed E-state index contributed by atoms with van der Waals surface area (Å²) < 4.78 is 17.1. The molecule has 2 aromatic rings. The van der Waals surface area contributed by atoms with Crippen LogP contribution in [0.3, 0.4) is 0 Å². The van der Waals surface area contributed by atoms with E-state index in [1.807, 2.05) is 42.5 Å². The van der Waals surface area contributed by atoms with Gasteiger partial charge in [-0.25, -0.2) is 0 Å². The van der Waals surface area contributed by atoms with Crippen LogP contribution in [0.15, 0.2) is 46.9 Å². The van der Waals surface area contributed by atoms with Crippen molar-refractivity contribution in [3.63, 3.8) is 0 Å². The van der Waals surface area contributed by atoms with Gasteiger partial charge in [0.25, 0.3) is 0 Å². The number of hydrogen-bond donors (Lipinski definition) is 1. The van der Waals surface area contributed by atoms with E-state index in [2.05, 4.69) is 21.2 Å². The van der Waals surface area contributed by atoms with Crippen LogP contribution in [0.25, 0.3) is 0 Å². The second-order valence-electron chi connectivity index (χ2n) is 5.32. The van der Waals surface area contributed by atoms with Crippen LogP contribution in [0.4, 0.5) is 0 Å². The quantitative estimate of drug-likeness (QED) is 0.568. The maximum Gasteiger partial charge on any atom is 0.230 e. The number of nitrogens with one attached hydrogen (secondary N) is 1. The van der Waals surface area contributed by atoms with Crippen LogP contribution in [-0.2, 0) is 11.3 Å². The Bertz CT molecular complexity index is 726. The Labute approximate surface area is 166 Å². The van der Waals surface area contributed by atoms with E-state index < -0.39 is 0 Å². The molecule has 0 bridgehead atoms. The summed E-state index contributed by atoms with van der Waals surface area (Å²) in [4.78, 5) is 11.9. The predicted molar refractivity (Wildman–Crippen MR) is 108 cm³/mol. The Kier molecular flexibility index (Phi) is 8.64. The zero-order valence-corrected chi connectivity index (χ0v) is 17.2. The molecule has 0 saturated carbocycles. The number of benzene rings is 2. The lowest BCUT2D eigenvalue weighted by molar-refractivity contribution is -0.118. The van der Waals surface area contributed by atoms with E-state index in [1.54, 1.807) is 26.0 Å². The molecule has 1 N–H and O–H groups in total. The smallest absolute Gasteiger partial charge is 0.230 e. The lowest BCUT2D eigenvalue weighted by Crippen LogP contribution is -2.25. The fraction of sp³-hybridized carbons (Fsp3) is 0.316. The van der Waals surface area contributed by atoms with Crippen molar-refractivity contribution < 1.29 is 19.0 Å². The van der Waals surface area contributed by atoms with Gasteiger partial charge in [-0.3, -0.25) is 4.79 Å². The highest BCUT2D eigenvalue weighted by Crippen LogP contribution is 2.27. The Morgan fingerprint density at radius 1 is 1.12 bits per heavy atom. The van der Waals surface area contributed by atoms with Crippen LogP contribution in [0.1, 0.15) is 5.56 Å². The zero-order chi connectivity index (χ0) is 18.8. The largest absolute Gasteiger partial charge is 0.493 e. The maximum atomic E-state index is 11.9. The third-order valence-corrected chi connectivity index (χ3v) is 4.88. The van der Waals surface area contributed by atoms with Gasteiger partial charge in [0.1, 0.15) is 5.75 Å². The van der Waals surface area contributed by atoms with Gasteiger partial charge >= 0.3 is 0 Å². The number of rotatable bonds is 10. The van der Waals surface area contributed by atoms with E-state index in [0.29, 0.717) is 30.4 Å². The number of halogens is 1. The van der Waals surface area contributed by atoms with Gasteiger partial charge in [-0.1, -0.05) is 28.1 Å². The molecule has 2 aromatic carbocycles. The first-order valence-corrected chi connectivity index (χ1v) is 10.0. The molecule has 0 radical (unpaired) electrons. The minimum absolute atomic E-state index is 0.00718. The molecule has 0 fully saturated rings. The molecule has 0 aliphatic heterocycles. The number of thioether (sulfide) groups is 1. The van der Waals surface area contributed by atoms with Gasteiger partial charge in [0.05, 0.1) is 26.6 Å². The van der Waals surface area contributed by atoms with Crippen molar-refractivity contribution in [2.45, 2.75) is 6.54 Å². The van der Waals surface area contributed by atoms with E-state index >= 15 is 0 Å². The third-order valence-electron chi connectivity index (χ3n) is 3.46. The van der Waals surface area contributed by atoms with Gasteiger partial charge in [-0.15, -0.1) is 11.8 Å². The van der Waals surface area contributed by atoms with Crippen LogP contribution < -0.4 is 19.5 Å². The van der Waals surface area contributed by atoms with Crippen LogP contribution >= 0.6 is 27.7 Å². The number of hydrogen-bond acceptors (Lipinski definition) is 5. The third kappa shape index (κ3) is 6.80. The van der Waals surface area contributed by atoms with E-state index in [-0.39, 0.29) is 5.91 Å². The van der Waals surface area contributed by atoms with Gasteiger partial charge in [0.15, 0.2) is 11.5 Å². The number of amides is 1. The lowest BCUT2D eigenvalue weighted by Gasteiger charge is -2.10. The standard InChI is InChI=1S/C19H22BrNO4S/c1-23-17-7-6-14(10-18(17)24-2)12-21-19(22)13-26-9-8-25-16-5-3-4-15(20)11-16/h3-7,10-11H,8-9,12-13H2,1-2H3,(H,21,22). The van der Waals surface area contributed by atoms with E-state index in [0.717, 1.165) is 21.5 Å². The molecule has 0 unspecified atom stereocenters. The first-order valence-electron chi connectivity index (χ1n) is 8.06. The number of carbonyl (C=O) groups excluding carboxylic acids is 1. The van der Waals surface area contributed by atoms with Gasteiger partial charge < -0.3 is 19.5 Å². The highest BCUT2D eigenvalue weighted by atomic mass is 79.9. The molecule has 0 saturated heterocycles. The summed E-state index contributed by atoms with van der Waals surface area (Å²) in [7, 11) is 3.18. The summed E-state index contributed by atoms with van der Waals surface area (Å²) in [5.74, 6) is 3.28. The summed E-state index contributed by atoms with van der Waals surface area (Å²) in [6, 6.07) is 13.3.